The molecule has 0 amide bonds. The lowest BCUT2D eigenvalue weighted by molar-refractivity contribution is 0.152. The van der Waals surface area contributed by atoms with Gasteiger partial charge in [-0.3, -0.25) is 4.90 Å². The predicted octanol–water partition coefficient (Wildman–Crippen LogP) is 6.16. The Morgan fingerprint density at radius 2 is 1.30 bits per heavy atom. The Balaban J connectivity index is 1.59. The van der Waals surface area contributed by atoms with Crippen LogP contribution in [0, 0.1) is 0 Å². The third-order valence-corrected chi connectivity index (χ3v) is 7.67. The van der Waals surface area contributed by atoms with Crippen molar-refractivity contribution >= 4 is 10.9 Å². The summed E-state index contributed by atoms with van der Waals surface area (Å²) in [5, 5.41) is 0. The second kappa shape index (κ2) is 8.77. The predicted molar refractivity (Wildman–Crippen MR) is 115 cm³/mol. The van der Waals surface area contributed by atoms with Gasteiger partial charge in [0.1, 0.15) is 0 Å². The first-order valence-corrected chi connectivity index (χ1v) is 11.2. The molecule has 1 aliphatic rings. The molecule has 27 heavy (non-hydrogen) atoms. The number of piperidine rings is 1. The maximum atomic E-state index is 2.63. The molecular formula is C25H28NS+. The van der Waals surface area contributed by atoms with Gasteiger partial charge in [0.05, 0.1) is 10.9 Å². The minimum Gasteiger partial charge on any atom is -0.296 e. The van der Waals surface area contributed by atoms with Crippen LogP contribution in [0.5, 0.6) is 0 Å². The van der Waals surface area contributed by atoms with Gasteiger partial charge in [-0.15, -0.1) is 0 Å². The van der Waals surface area contributed by atoms with Crippen molar-refractivity contribution in [3.8, 4) is 0 Å². The maximum absolute atomic E-state index is 2.63. The molecule has 1 nitrogen and oxygen atoms in total. The second-order valence-corrected chi connectivity index (χ2v) is 9.42. The first-order chi connectivity index (χ1) is 13.3. The largest absolute Gasteiger partial charge is 0.296 e. The molecule has 0 radical (unpaired) electrons. The van der Waals surface area contributed by atoms with Gasteiger partial charge < -0.3 is 0 Å². The molecule has 1 unspecified atom stereocenters. The minimum atomic E-state index is -0.0502. The van der Waals surface area contributed by atoms with Crippen LogP contribution in [0.25, 0.3) is 0 Å². The van der Waals surface area contributed by atoms with Crippen LogP contribution < -0.4 is 0 Å². The van der Waals surface area contributed by atoms with Crippen LogP contribution >= 0.6 is 0 Å². The molecule has 0 saturated carbocycles. The van der Waals surface area contributed by atoms with E-state index in [1.54, 1.807) is 0 Å². The normalized spacial score (nSPS) is 17.9. The van der Waals surface area contributed by atoms with Crippen LogP contribution in [0.15, 0.2) is 99.6 Å². The lowest BCUT2D eigenvalue weighted by Gasteiger charge is -2.33. The van der Waals surface area contributed by atoms with Crippen molar-refractivity contribution in [2.24, 2.45) is 0 Å². The molecule has 3 aromatic carbocycles. The molecule has 0 spiro atoms. The fraction of sp³-hybridized carbons (Fsp3) is 0.280. The van der Waals surface area contributed by atoms with E-state index in [2.05, 4.69) is 96.8 Å². The average Bonchev–Trinajstić information content (AvgIpc) is 2.73. The van der Waals surface area contributed by atoms with E-state index in [0.717, 1.165) is 6.54 Å². The minimum absolute atomic E-state index is 0.0502. The summed E-state index contributed by atoms with van der Waals surface area (Å²) in [5.74, 6) is 0. The van der Waals surface area contributed by atoms with Crippen molar-refractivity contribution in [2.45, 2.75) is 53.5 Å². The van der Waals surface area contributed by atoms with E-state index < -0.39 is 0 Å². The molecule has 4 rings (SSSR count). The lowest BCUT2D eigenvalue weighted by atomic mass is 10.0. The van der Waals surface area contributed by atoms with E-state index in [1.807, 2.05) is 0 Å². The number of hydrogen-bond acceptors (Lipinski definition) is 1. The van der Waals surface area contributed by atoms with Crippen molar-refractivity contribution in [1.82, 2.24) is 4.90 Å². The van der Waals surface area contributed by atoms with Crippen molar-refractivity contribution in [1.29, 1.82) is 0 Å². The van der Waals surface area contributed by atoms with E-state index >= 15 is 0 Å². The van der Waals surface area contributed by atoms with Crippen LogP contribution in [0.3, 0.4) is 0 Å². The first-order valence-electron chi connectivity index (χ1n) is 9.98. The molecule has 0 N–H and O–H groups in total. The summed E-state index contributed by atoms with van der Waals surface area (Å²) in [7, 11) is -0.0502. The standard InChI is InChI=1S/C25H28NS/c1-21-10-8-9-19-26(21)20-22-15-17-25(18-16-22)27(23-11-4-2-5-12-23)24-13-6-3-7-14-24/h2-7,11-18,21H,8-10,19-20H2,1H3/q+1. The van der Waals surface area contributed by atoms with E-state index in [-0.39, 0.29) is 10.9 Å². The van der Waals surface area contributed by atoms with Gasteiger partial charge >= 0.3 is 0 Å². The Hall–Kier alpha value is -2.03. The molecule has 2 heteroatoms. The maximum Gasteiger partial charge on any atom is 0.166 e. The third-order valence-electron chi connectivity index (χ3n) is 5.44. The SMILES string of the molecule is CC1CCCCN1Cc1ccc([S+](c2ccccc2)c2ccccc2)cc1. The summed E-state index contributed by atoms with van der Waals surface area (Å²) in [6, 6.07) is 31.8. The molecule has 0 bridgehead atoms. The Labute approximate surface area is 166 Å². The van der Waals surface area contributed by atoms with Gasteiger partial charge in [-0.05, 0) is 68.3 Å². The summed E-state index contributed by atoms with van der Waals surface area (Å²) >= 11 is 0. The van der Waals surface area contributed by atoms with Crippen LogP contribution in [0.1, 0.15) is 31.7 Å². The van der Waals surface area contributed by atoms with E-state index in [0.29, 0.717) is 6.04 Å². The van der Waals surface area contributed by atoms with Gasteiger partial charge in [0.25, 0.3) is 0 Å². The number of likely N-dealkylation sites (tertiary alicyclic amines) is 1. The monoisotopic (exact) mass is 374 g/mol. The highest BCUT2D eigenvalue weighted by Crippen LogP contribution is 2.31. The van der Waals surface area contributed by atoms with Gasteiger partial charge in [0.15, 0.2) is 14.7 Å². The average molecular weight is 375 g/mol. The lowest BCUT2D eigenvalue weighted by Crippen LogP contribution is -2.36. The first kappa shape index (κ1) is 18.3. The van der Waals surface area contributed by atoms with Crippen LogP contribution in [-0.4, -0.2) is 17.5 Å². The van der Waals surface area contributed by atoms with Gasteiger partial charge in [-0.25, -0.2) is 0 Å². The van der Waals surface area contributed by atoms with Crippen molar-refractivity contribution in [3.05, 3.63) is 90.5 Å². The van der Waals surface area contributed by atoms with Gasteiger partial charge in [0.2, 0.25) is 0 Å². The molecule has 3 aromatic rings. The summed E-state index contributed by atoms with van der Waals surface area (Å²) < 4.78 is 0. The Bertz CT molecular complexity index is 790. The highest BCUT2D eigenvalue weighted by Gasteiger charge is 2.28. The highest BCUT2D eigenvalue weighted by atomic mass is 32.2. The van der Waals surface area contributed by atoms with Crippen molar-refractivity contribution in [3.63, 3.8) is 0 Å². The van der Waals surface area contributed by atoms with E-state index in [4.69, 9.17) is 0 Å². The highest BCUT2D eigenvalue weighted by molar-refractivity contribution is 7.97. The zero-order chi connectivity index (χ0) is 18.5. The number of nitrogens with zero attached hydrogens (tertiary/aromatic N) is 1. The van der Waals surface area contributed by atoms with Crippen molar-refractivity contribution < 1.29 is 0 Å². The Kier molecular flexibility index (Phi) is 5.96. The van der Waals surface area contributed by atoms with Gasteiger partial charge in [-0.1, -0.05) is 55.0 Å². The van der Waals surface area contributed by atoms with E-state index in [1.165, 1.54) is 46.1 Å². The van der Waals surface area contributed by atoms with Gasteiger partial charge in [-0.2, -0.15) is 0 Å². The number of hydrogen-bond donors (Lipinski definition) is 0. The summed E-state index contributed by atoms with van der Waals surface area (Å²) in [6.45, 7) is 4.68. The summed E-state index contributed by atoms with van der Waals surface area (Å²) in [5.41, 5.74) is 1.43. The zero-order valence-electron chi connectivity index (χ0n) is 16.1. The van der Waals surface area contributed by atoms with Crippen LogP contribution in [-0.2, 0) is 17.4 Å². The fourth-order valence-electron chi connectivity index (χ4n) is 3.88. The Morgan fingerprint density at radius 1 is 0.741 bits per heavy atom. The topological polar surface area (TPSA) is 3.24 Å². The van der Waals surface area contributed by atoms with Crippen molar-refractivity contribution in [2.75, 3.05) is 6.54 Å². The molecule has 1 aliphatic heterocycles. The number of benzene rings is 3. The molecule has 1 saturated heterocycles. The molecule has 1 fully saturated rings. The van der Waals surface area contributed by atoms with Gasteiger partial charge in [0, 0.05) is 12.6 Å². The molecule has 1 atom stereocenters. The molecule has 0 aromatic heterocycles. The molecule has 1 heterocycles. The van der Waals surface area contributed by atoms with E-state index in [9.17, 15) is 0 Å². The quantitative estimate of drug-likeness (QED) is 0.484. The van der Waals surface area contributed by atoms with Crippen LogP contribution in [0.4, 0.5) is 0 Å². The van der Waals surface area contributed by atoms with Crippen LogP contribution in [0.2, 0.25) is 0 Å². The summed E-state index contributed by atoms with van der Waals surface area (Å²) in [4.78, 5) is 6.78. The second-order valence-electron chi connectivity index (χ2n) is 7.39. The fourth-order valence-corrected chi connectivity index (χ4v) is 5.96. The summed E-state index contributed by atoms with van der Waals surface area (Å²) in [6.07, 6.45) is 4.06. The molecular weight excluding hydrogens is 346 g/mol. The zero-order valence-corrected chi connectivity index (χ0v) is 16.9. The smallest absolute Gasteiger partial charge is 0.166 e. The third kappa shape index (κ3) is 4.45. The molecule has 0 aliphatic carbocycles. The molecule has 138 valence electrons. The number of rotatable bonds is 5. The Morgan fingerprint density at radius 3 is 1.85 bits per heavy atom.